The molecule has 0 aliphatic rings. The fourth-order valence-electron chi connectivity index (χ4n) is 2.82. The van der Waals surface area contributed by atoms with Gasteiger partial charge < -0.3 is 15.4 Å². The minimum absolute atomic E-state index is 0.0124. The number of nitrogens with zero attached hydrogens (tertiary/aromatic N) is 2. The van der Waals surface area contributed by atoms with Crippen LogP contribution in [0.1, 0.15) is 16.1 Å². The van der Waals surface area contributed by atoms with Crippen LogP contribution < -0.4 is 15.4 Å². The lowest BCUT2D eigenvalue weighted by molar-refractivity contribution is -0.122. The SMILES string of the molecule is CNC(=O)c1cc(-c2ccc(Cl)c(F)c2)nn1CC(=O)NCc1cccc(OC)c1. The Morgan fingerprint density at radius 3 is 2.70 bits per heavy atom. The molecule has 0 saturated heterocycles. The van der Waals surface area contributed by atoms with Gasteiger partial charge in [0.1, 0.15) is 23.8 Å². The van der Waals surface area contributed by atoms with Crippen molar-refractivity contribution >= 4 is 23.4 Å². The smallest absolute Gasteiger partial charge is 0.269 e. The highest BCUT2D eigenvalue weighted by molar-refractivity contribution is 6.30. The molecule has 3 rings (SSSR count). The van der Waals surface area contributed by atoms with E-state index in [1.54, 1.807) is 13.2 Å². The second-order valence-corrected chi connectivity index (χ2v) is 6.82. The standard InChI is InChI=1S/C21H20ClFN4O3/c1-24-21(29)19-10-18(14-6-7-16(22)17(23)9-14)26-27(19)12-20(28)25-11-13-4-3-5-15(8-13)30-2/h3-10H,11-12H2,1-2H3,(H,24,29)(H,25,28). The lowest BCUT2D eigenvalue weighted by Gasteiger charge is -2.09. The molecule has 0 saturated carbocycles. The molecule has 0 atom stereocenters. The summed E-state index contributed by atoms with van der Waals surface area (Å²) in [6.45, 7) is 0.116. The summed E-state index contributed by atoms with van der Waals surface area (Å²) in [7, 11) is 3.05. The summed E-state index contributed by atoms with van der Waals surface area (Å²) in [6.07, 6.45) is 0. The fraction of sp³-hybridized carbons (Fsp3) is 0.190. The summed E-state index contributed by atoms with van der Waals surface area (Å²) in [5.41, 5.74) is 1.84. The van der Waals surface area contributed by atoms with Crippen LogP contribution in [-0.4, -0.2) is 35.8 Å². The molecule has 0 spiro atoms. The van der Waals surface area contributed by atoms with Gasteiger partial charge in [0.15, 0.2) is 0 Å². The van der Waals surface area contributed by atoms with Gasteiger partial charge in [-0.15, -0.1) is 0 Å². The molecule has 0 radical (unpaired) electrons. The second kappa shape index (κ2) is 9.41. The van der Waals surface area contributed by atoms with Gasteiger partial charge in [0.05, 0.1) is 17.8 Å². The number of carbonyl (C=O) groups excluding carboxylic acids is 2. The van der Waals surface area contributed by atoms with Crippen LogP contribution in [0.15, 0.2) is 48.5 Å². The molecule has 0 aliphatic heterocycles. The summed E-state index contributed by atoms with van der Waals surface area (Å²) >= 11 is 5.73. The maximum atomic E-state index is 13.8. The molecule has 2 N–H and O–H groups in total. The van der Waals surface area contributed by atoms with Crippen LogP contribution in [0.5, 0.6) is 5.75 Å². The molecule has 0 unspecified atom stereocenters. The Morgan fingerprint density at radius 2 is 2.00 bits per heavy atom. The number of hydrogen-bond acceptors (Lipinski definition) is 4. The van der Waals surface area contributed by atoms with Gasteiger partial charge in [-0.05, 0) is 35.9 Å². The predicted octanol–water partition coefficient (Wildman–Crippen LogP) is 3.03. The number of methoxy groups -OCH3 is 1. The molecule has 2 amide bonds. The third-order valence-electron chi connectivity index (χ3n) is 4.37. The van der Waals surface area contributed by atoms with Gasteiger partial charge in [-0.2, -0.15) is 5.10 Å². The molecular formula is C21H20ClFN4O3. The zero-order valence-corrected chi connectivity index (χ0v) is 17.2. The number of ether oxygens (including phenoxy) is 1. The van der Waals surface area contributed by atoms with Crippen LogP contribution in [0, 0.1) is 5.82 Å². The van der Waals surface area contributed by atoms with Crippen LogP contribution >= 0.6 is 11.6 Å². The zero-order chi connectivity index (χ0) is 21.7. The molecule has 30 heavy (non-hydrogen) atoms. The van der Waals surface area contributed by atoms with E-state index in [9.17, 15) is 14.0 Å². The van der Waals surface area contributed by atoms with Crippen LogP contribution in [0.4, 0.5) is 4.39 Å². The van der Waals surface area contributed by atoms with Gasteiger partial charge >= 0.3 is 0 Å². The molecule has 7 nitrogen and oxygen atoms in total. The van der Waals surface area contributed by atoms with E-state index >= 15 is 0 Å². The summed E-state index contributed by atoms with van der Waals surface area (Å²) in [5.74, 6) is -0.652. The quantitative estimate of drug-likeness (QED) is 0.603. The normalized spacial score (nSPS) is 10.5. The monoisotopic (exact) mass is 430 g/mol. The Hall–Kier alpha value is -3.39. The molecular weight excluding hydrogens is 411 g/mol. The first-order valence-corrected chi connectivity index (χ1v) is 9.44. The molecule has 2 aromatic carbocycles. The minimum atomic E-state index is -0.596. The molecule has 3 aromatic rings. The number of aromatic nitrogens is 2. The van der Waals surface area contributed by atoms with E-state index < -0.39 is 11.7 Å². The Kier molecular flexibility index (Phi) is 6.68. The zero-order valence-electron chi connectivity index (χ0n) is 16.4. The molecule has 0 fully saturated rings. The van der Waals surface area contributed by atoms with Crippen molar-refractivity contribution in [1.82, 2.24) is 20.4 Å². The summed E-state index contributed by atoms with van der Waals surface area (Å²) < 4.78 is 20.2. The van der Waals surface area contributed by atoms with E-state index in [1.807, 2.05) is 24.3 Å². The number of carbonyl (C=O) groups is 2. The van der Waals surface area contributed by atoms with Crippen molar-refractivity contribution in [2.75, 3.05) is 14.2 Å². The van der Waals surface area contributed by atoms with Gasteiger partial charge in [-0.1, -0.05) is 29.8 Å². The number of benzene rings is 2. The van der Waals surface area contributed by atoms with E-state index in [2.05, 4.69) is 15.7 Å². The van der Waals surface area contributed by atoms with Crippen molar-refractivity contribution in [2.45, 2.75) is 13.1 Å². The Labute approximate surface area is 177 Å². The summed E-state index contributed by atoms with van der Waals surface area (Å²) in [5, 5.41) is 9.59. The van der Waals surface area contributed by atoms with E-state index in [0.717, 1.165) is 5.56 Å². The van der Waals surface area contributed by atoms with E-state index in [0.29, 0.717) is 23.6 Å². The third-order valence-corrected chi connectivity index (χ3v) is 4.68. The highest BCUT2D eigenvalue weighted by Crippen LogP contribution is 2.24. The first-order chi connectivity index (χ1) is 14.4. The molecule has 9 heteroatoms. The number of halogens is 2. The lowest BCUT2D eigenvalue weighted by atomic mass is 10.1. The number of nitrogens with one attached hydrogen (secondary N) is 2. The highest BCUT2D eigenvalue weighted by atomic mass is 35.5. The Morgan fingerprint density at radius 1 is 1.20 bits per heavy atom. The van der Waals surface area contributed by atoms with E-state index in [4.69, 9.17) is 16.3 Å². The van der Waals surface area contributed by atoms with Crippen LogP contribution in [0.3, 0.4) is 0 Å². The third kappa shape index (κ3) is 4.96. The number of hydrogen-bond donors (Lipinski definition) is 2. The molecule has 1 heterocycles. The highest BCUT2D eigenvalue weighted by Gasteiger charge is 2.18. The van der Waals surface area contributed by atoms with Crippen LogP contribution in [0.25, 0.3) is 11.3 Å². The van der Waals surface area contributed by atoms with Crippen molar-refractivity contribution in [2.24, 2.45) is 0 Å². The summed E-state index contributed by atoms with van der Waals surface area (Å²) in [4.78, 5) is 24.7. The van der Waals surface area contributed by atoms with Gasteiger partial charge in [-0.25, -0.2) is 9.07 Å². The number of amides is 2. The average Bonchev–Trinajstić information content (AvgIpc) is 3.17. The van der Waals surface area contributed by atoms with Crippen molar-refractivity contribution in [1.29, 1.82) is 0 Å². The minimum Gasteiger partial charge on any atom is -0.497 e. The van der Waals surface area contributed by atoms with Gasteiger partial charge in [0, 0.05) is 19.2 Å². The Balaban J connectivity index is 1.78. The maximum absolute atomic E-state index is 13.8. The first-order valence-electron chi connectivity index (χ1n) is 9.06. The fourth-order valence-corrected chi connectivity index (χ4v) is 2.94. The van der Waals surface area contributed by atoms with Crippen molar-refractivity contribution in [3.8, 4) is 17.0 Å². The lowest BCUT2D eigenvalue weighted by Crippen LogP contribution is -2.30. The van der Waals surface area contributed by atoms with Crippen LogP contribution in [-0.2, 0) is 17.9 Å². The first kappa shape index (κ1) is 21.3. The van der Waals surface area contributed by atoms with Gasteiger partial charge in [-0.3, -0.25) is 9.59 Å². The van der Waals surface area contributed by atoms with Crippen molar-refractivity contribution in [3.63, 3.8) is 0 Å². The largest absolute Gasteiger partial charge is 0.497 e. The van der Waals surface area contributed by atoms with Crippen molar-refractivity contribution in [3.05, 3.63) is 70.6 Å². The molecule has 0 bridgehead atoms. The topological polar surface area (TPSA) is 85.2 Å². The Bertz CT molecular complexity index is 1080. The molecule has 1 aromatic heterocycles. The molecule has 0 aliphatic carbocycles. The summed E-state index contributed by atoms with van der Waals surface area (Å²) in [6, 6.07) is 13.0. The van der Waals surface area contributed by atoms with Crippen molar-refractivity contribution < 1.29 is 18.7 Å². The van der Waals surface area contributed by atoms with Gasteiger partial charge in [0.2, 0.25) is 5.91 Å². The predicted molar refractivity (Wildman–Crippen MR) is 111 cm³/mol. The maximum Gasteiger partial charge on any atom is 0.269 e. The molecule has 156 valence electrons. The van der Waals surface area contributed by atoms with Crippen LogP contribution in [0.2, 0.25) is 5.02 Å². The average molecular weight is 431 g/mol. The number of rotatable bonds is 7. The second-order valence-electron chi connectivity index (χ2n) is 6.41. The van der Waals surface area contributed by atoms with Gasteiger partial charge in [0.25, 0.3) is 5.91 Å². The van der Waals surface area contributed by atoms with E-state index in [1.165, 1.54) is 29.9 Å². The van der Waals surface area contributed by atoms with E-state index in [-0.39, 0.29) is 23.2 Å².